The number of ether oxygens (including phenoxy) is 2. The van der Waals surface area contributed by atoms with Crippen molar-refractivity contribution in [3.05, 3.63) is 29.8 Å². The van der Waals surface area contributed by atoms with E-state index in [0.717, 1.165) is 17.7 Å². The molecule has 0 fully saturated rings. The molecule has 0 spiro atoms. The van der Waals surface area contributed by atoms with Crippen LogP contribution >= 0.6 is 0 Å². The minimum absolute atomic E-state index is 0.257. The van der Waals surface area contributed by atoms with Crippen LogP contribution in [0.1, 0.15) is 32.3 Å². The quantitative estimate of drug-likeness (QED) is 0.452. The molecule has 0 aliphatic rings. The zero-order chi connectivity index (χ0) is 15.7. The van der Waals surface area contributed by atoms with E-state index in [0.29, 0.717) is 12.8 Å². The smallest absolute Gasteiger partial charge is 0.320 e. The van der Waals surface area contributed by atoms with Crippen LogP contribution in [-0.2, 0) is 25.5 Å². The standard InChI is InChI=1S/C16H23NO4/c1-3-20-15(18)14(16(19)21-4-2)7-5-6-12-8-10-13(17)11-9-12/h8-11,14H,3-7,17H2,1-2H3. The molecule has 5 heteroatoms. The molecule has 21 heavy (non-hydrogen) atoms. The van der Waals surface area contributed by atoms with Crippen LogP contribution in [0.3, 0.4) is 0 Å². The molecule has 0 aromatic heterocycles. The number of anilines is 1. The maximum Gasteiger partial charge on any atom is 0.320 e. The summed E-state index contributed by atoms with van der Waals surface area (Å²) in [5.41, 5.74) is 7.47. The molecule has 0 saturated carbocycles. The Kier molecular flexibility index (Phi) is 7.29. The fourth-order valence-electron chi connectivity index (χ4n) is 2.01. The predicted molar refractivity (Wildman–Crippen MR) is 80.5 cm³/mol. The fourth-order valence-corrected chi connectivity index (χ4v) is 2.01. The molecule has 0 bridgehead atoms. The predicted octanol–water partition coefficient (Wildman–Crippen LogP) is 2.33. The van der Waals surface area contributed by atoms with E-state index in [4.69, 9.17) is 15.2 Å². The number of hydrogen-bond donors (Lipinski definition) is 1. The van der Waals surface area contributed by atoms with Gasteiger partial charge < -0.3 is 15.2 Å². The zero-order valence-electron chi connectivity index (χ0n) is 12.6. The number of benzene rings is 1. The molecule has 116 valence electrons. The lowest BCUT2D eigenvalue weighted by molar-refractivity contribution is -0.161. The zero-order valence-corrected chi connectivity index (χ0v) is 12.6. The molecule has 2 N–H and O–H groups in total. The highest BCUT2D eigenvalue weighted by Crippen LogP contribution is 2.15. The number of carbonyl (C=O) groups excluding carboxylic acids is 2. The Labute approximate surface area is 125 Å². The highest BCUT2D eigenvalue weighted by atomic mass is 16.6. The van der Waals surface area contributed by atoms with Gasteiger partial charge in [0.25, 0.3) is 0 Å². The van der Waals surface area contributed by atoms with Gasteiger partial charge in [-0.15, -0.1) is 0 Å². The normalized spacial score (nSPS) is 10.4. The summed E-state index contributed by atoms with van der Waals surface area (Å²) in [6, 6.07) is 7.56. The second-order valence-corrected chi connectivity index (χ2v) is 4.69. The number of hydrogen-bond acceptors (Lipinski definition) is 5. The van der Waals surface area contributed by atoms with E-state index >= 15 is 0 Å². The number of aryl methyl sites for hydroxylation is 1. The lowest BCUT2D eigenvalue weighted by Crippen LogP contribution is -2.28. The first-order chi connectivity index (χ1) is 10.1. The molecular formula is C16H23NO4. The molecule has 0 aliphatic heterocycles. The van der Waals surface area contributed by atoms with E-state index in [9.17, 15) is 9.59 Å². The first-order valence-electron chi connectivity index (χ1n) is 7.26. The number of carbonyl (C=O) groups is 2. The van der Waals surface area contributed by atoms with Gasteiger partial charge in [-0.1, -0.05) is 12.1 Å². The van der Waals surface area contributed by atoms with Gasteiger partial charge in [-0.2, -0.15) is 0 Å². The number of nitrogens with two attached hydrogens (primary N) is 1. The van der Waals surface area contributed by atoms with Crippen molar-refractivity contribution in [2.24, 2.45) is 5.92 Å². The molecule has 0 atom stereocenters. The summed E-state index contributed by atoms with van der Waals surface area (Å²) in [6.07, 6.45) is 1.89. The van der Waals surface area contributed by atoms with Crippen molar-refractivity contribution in [1.29, 1.82) is 0 Å². The number of rotatable bonds is 8. The van der Waals surface area contributed by atoms with Crippen LogP contribution in [0, 0.1) is 5.92 Å². The van der Waals surface area contributed by atoms with E-state index in [1.54, 1.807) is 13.8 Å². The van der Waals surface area contributed by atoms with Crippen molar-refractivity contribution < 1.29 is 19.1 Å². The molecule has 0 amide bonds. The van der Waals surface area contributed by atoms with Gasteiger partial charge in [0.2, 0.25) is 0 Å². The molecule has 0 aliphatic carbocycles. The molecule has 0 heterocycles. The van der Waals surface area contributed by atoms with Gasteiger partial charge in [0.05, 0.1) is 13.2 Å². The van der Waals surface area contributed by atoms with Crippen LogP contribution in [0.25, 0.3) is 0 Å². The molecule has 0 unspecified atom stereocenters. The minimum Gasteiger partial charge on any atom is -0.465 e. The minimum atomic E-state index is -0.835. The Bertz CT molecular complexity index is 438. The van der Waals surface area contributed by atoms with Gasteiger partial charge in [-0.25, -0.2) is 0 Å². The van der Waals surface area contributed by atoms with Gasteiger partial charge in [0, 0.05) is 5.69 Å². The highest BCUT2D eigenvalue weighted by molar-refractivity contribution is 5.94. The van der Waals surface area contributed by atoms with Crippen LogP contribution in [0.15, 0.2) is 24.3 Å². The monoisotopic (exact) mass is 293 g/mol. The van der Waals surface area contributed by atoms with Crippen LogP contribution in [0.4, 0.5) is 5.69 Å². The van der Waals surface area contributed by atoms with E-state index < -0.39 is 17.9 Å². The Hall–Kier alpha value is -2.04. The largest absolute Gasteiger partial charge is 0.465 e. The SMILES string of the molecule is CCOC(=O)C(CCCc1ccc(N)cc1)C(=O)OCC. The van der Waals surface area contributed by atoms with E-state index in [2.05, 4.69) is 0 Å². The van der Waals surface area contributed by atoms with Gasteiger partial charge in [0.1, 0.15) is 0 Å². The third-order valence-electron chi connectivity index (χ3n) is 3.08. The molecule has 0 radical (unpaired) electrons. The maximum absolute atomic E-state index is 11.8. The highest BCUT2D eigenvalue weighted by Gasteiger charge is 2.28. The fraction of sp³-hybridized carbons (Fsp3) is 0.500. The van der Waals surface area contributed by atoms with Crippen LogP contribution in [0.5, 0.6) is 0 Å². The van der Waals surface area contributed by atoms with E-state index in [-0.39, 0.29) is 13.2 Å². The Balaban J connectivity index is 2.54. The summed E-state index contributed by atoms with van der Waals surface area (Å²) >= 11 is 0. The van der Waals surface area contributed by atoms with Crippen molar-refractivity contribution in [1.82, 2.24) is 0 Å². The average molecular weight is 293 g/mol. The van der Waals surface area contributed by atoms with Crippen molar-refractivity contribution in [3.8, 4) is 0 Å². The lowest BCUT2D eigenvalue weighted by Gasteiger charge is -2.14. The average Bonchev–Trinajstić information content (AvgIpc) is 2.46. The summed E-state index contributed by atoms with van der Waals surface area (Å²) in [5.74, 6) is -1.85. The molecule has 5 nitrogen and oxygen atoms in total. The van der Waals surface area contributed by atoms with Crippen LogP contribution < -0.4 is 5.73 Å². The topological polar surface area (TPSA) is 78.6 Å². The summed E-state index contributed by atoms with van der Waals surface area (Å²) < 4.78 is 9.87. The van der Waals surface area contributed by atoms with Gasteiger partial charge >= 0.3 is 11.9 Å². The van der Waals surface area contributed by atoms with Crippen molar-refractivity contribution in [2.75, 3.05) is 18.9 Å². The molecule has 0 saturated heterocycles. The summed E-state index contributed by atoms with van der Waals surface area (Å²) in [4.78, 5) is 23.6. The summed E-state index contributed by atoms with van der Waals surface area (Å²) in [5, 5.41) is 0. The second kappa shape index (κ2) is 9.00. The number of nitrogen functional groups attached to an aromatic ring is 1. The Morgan fingerprint density at radius 3 is 2.05 bits per heavy atom. The van der Waals surface area contributed by atoms with Gasteiger partial charge in [0.15, 0.2) is 5.92 Å². The lowest BCUT2D eigenvalue weighted by atomic mass is 9.99. The number of esters is 2. The van der Waals surface area contributed by atoms with Crippen molar-refractivity contribution in [3.63, 3.8) is 0 Å². The van der Waals surface area contributed by atoms with E-state index in [1.165, 1.54) is 0 Å². The first kappa shape index (κ1) is 17.0. The van der Waals surface area contributed by atoms with Gasteiger partial charge in [-0.05, 0) is 50.8 Å². The Morgan fingerprint density at radius 1 is 1.05 bits per heavy atom. The van der Waals surface area contributed by atoms with Crippen LogP contribution in [0.2, 0.25) is 0 Å². The van der Waals surface area contributed by atoms with Gasteiger partial charge in [-0.3, -0.25) is 9.59 Å². The third-order valence-corrected chi connectivity index (χ3v) is 3.08. The van der Waals surface area contributed by atoms with Crippen molar-refractivity contribution in [2.45, 2.75) is 33.1 Å². The van der Waals surface area contributed by atoms with Crippen LogP contribution in [-0.4, -0.2) is 25.2 Å². The summed E-state index contributed by atoms with van der Waals surface area (Å²) in [6.45, 7) is 3.95. The maximum atomic E-state index is 11.8. The molecular weight excluding hydrogens is 270 g/mol. The third kappa shape index (κ3) is 5.85. The molecule has 1 rings (SSSR count). The van der Waals surface area contributed by atoms with E-state index in [1.807, 2.05) is 24.3 Å². The summed E-state index contributed by atoms with van der Waals surface area (Å²) in [7, 11) is 0. The molecule has 1 aromatic rings. The Morgan fingerprint density at radius 2 is 1.57 bits per heavy atom. The first-order valence-corrected chi connectivity index (χ1v) is 7.26. The van der Waals surface area contributed by atoms with Crippen molar-refractivity contribution >= 4 is 17.6 Å². The molecule has 1 aromatic carbocycles. The second-order valence-electron chi connectivity index (χ2n) is 4.69.